The van der Waals surface area contributed by atoms with Crippen LogP contribution in [0.5, 0.6) is 0 Å². The molecule has 1 heterocycles. The van der Waals surface area contributed by atoms with Crippen LogP contribution in [0, 0.1) is 13.8 Å². The molecule has 96 valence electrons. The van der Waals surface area contributed by atoms with E-state index in [1.165, 1.54) is 27.6 Å². The number of nitrogens with two attached hydrogens (primary N) is 1. The van der Waals surface area contributed by atoms with Crippen molar-refractivity contribution in [2.75, 3.05) is 5.73 Å². The summed E-state index contributed by atoms with van der Waals surface area (Å²) in [5.41, 5.74) is 11.9. The predicted octanol–water partition coefficient (Wildman–Crippen LogP) is 3.89. The van der Waals surface area contributed by atoms with Gasteiger partial charge in [0.15, 0.2) is 0 Å². The lowest BCUT2D eigenvalue weighted by atomic mass is 10.1. The third-order valence-corrected chi connectivity index (χ3v) is 3.72. The second-order valence-corrected chi connectivity index (χ2v) is 5.18. The summed E-state index contributed by atoms with van der Waals surface area (Å²) in [5, 5.41) is 1.20. The van der Waals surface area contributed by atoms with Gasteiger partial charge in [-0.25, -0.2) is 0 Å². The predicted molar refractivity (Wildman–Crippen MR) is 81.4 cm³/mol. The van der Waals surface area contributed by atoms with Crippen LogP contribution in [0.25, 0.3) is 10.9 Å². The van der Waals surface area contributed by atoms with Gasteiger partial charge in [-0.15, -0.1) is 0 Å². The van der Waals surface area contributed by atoms with E-state index in [-0.39, 0.29) is 0 Å². The molecule has 2 N–H and O–H groups in total. The first kappa shape index (κ1) is 11.8. The Labute approximate surface area is 113 Å². The van der Waals surface area contributed by atoms with Crippen molar-refractivity contribution in [3.05, 3.63) is 65.4 Å². The third-order valence-electron chi connectivity index (χ3n) is 3.72. The van der Waals surface area contributed by atoms with Crippen molar-refractivity contribution in [3.8, 4) is 0 Å². The van der Waals surface area contributed by atoms with Crippen LogP contribution in [0.15, 0.2) is 48.7 Å². The highest BCUT2D eigenvalue weighted by Gasteiger charge is 2.03. The van der Waals surface area contributed by atoms with E-state index in [1.807, 2.05) is 12.1 Å². The highest BCUT2D eigenvalue weighted by Crippen LogP contribution is 2.20. The van der Waals surface area contributed by atoms with Gasteiger partial charge in [0.05, 0.1) is 0 Å². The van der Waals surface area contributed by atoms with Gasteiger partial charge in [-0.2, -0.15) is 0 Å². The minimum Gasteiger partial charge on any atom is -0.399 e. The number of benzene rings is 2. The second-order valence-electron chi connectivity index (χ2n) is 5.18. The van der Waals surface area contributed by atoms with E-state index >= 15 is 0 Å². The molecular weight excluding hydrogens is 232 g/mol. The molecule has 0 bridgehead atoms. The molecule has 0 saturated heterocycles. The monoisotopic (exact) mass is 250 g/mol. The minimum absolute atomic E-state index is 0.816. The Morgan fingerprint density at radius 2 is 1.79 bits per heavy atom. The van der Waals surface area contributed by atoms with Gasteiger partial charge in [0.1, 0.15) is 0 Å². The molecule has 2 nitrogen and oxygen atoms in total. The number of rotatable bonds is 2. The van der Waals surface area contributed by atoms with E-state index in [0.29, 0.717) is 0 Å². The average molecular weight is 250 g/mol. The fraction of sp³-hybridized carbons (Fsp3) is 0.176. The smallest absolute Gasteiger partial charge is 0.0484 e. The van der Waals surface area contributed by atoms with Crippen LogP contribution >= 0.6 is 0 Å². The van der Waals surface area contributed by atoms with Gasteiger partial charge in [0.25, 0.3) is 0 Å². The van der Waals surface area contributed by atoms with E-state index < -0.39 is 0 Å². The summed E-state index contributed by atoms with van der Waals surface area (Å²) in [6.45, 7) is 5.20. The molecule has 1 aromatic heterocycles. The molecule has 19 heavy (non-hydrogen) atoms. The number of aromatic nitrogens is 1. The molecule has 0 aliphatic rings. The molecule has 0 saturated carbocycles. The number of nitrogens with zero attached hydrogens (tertiary/aromatic N) is 1. The van der Waals surface area contributed by atoms with E-state index in [1.54, 1.807) is 0 Å². The number of nitrogen functional groups attached to an aromatic ring is 1. The van der Waals surface area contributed by atoms with Gasteiger partial charge in [0, 0.05) is 29.3 Å². The first-order valence-electron chi connectivity index (χ1n) is 6.54. The van der Waals surface area contributed by atoms with Crippen molar-refractivity contribution in [1.29, 1.82) is 0 Å². The lowest BCUT2D eigenvalue weighted by Gasteiger charge is -2.08. The van der Waals surface area contributed by atoms with Crippen molar-refractivity contribution < 1.29 is 0 Å². The molecule has 2 aromatic carbocycles. The summed E-state index contributed by atoms with van der Waals surface area (Å²) >= 11 is 0. The molecule has 0 atom stereocenters. The fourth-order valence-corrected chi connectivity index (χ4v) is 2.46. The summed E-state index contributed by atoms with van der Waals surface area (Å²) < 4.78 is 2.26. The summed E-state index contributed by atoms with van der Waals surface area (Å²) in [6, 6.07) is 14.8. The van der Waals surface area contributed by atoms with Gasteiger partial charge in [0.2, 0.25) is 0 Å². The number of anilines is 1. The molecule has 0 aliphatic carbocycles. The van der Waals surface area contributed by atoms with Crippen molar-refractivity contribution in [2.24, 2.45) is 0 Å². The average Bonchev–Trinajstić information content (AvgIpc) is 2.76. The van der Waals surface area contributed by atoms with E-state index in [9.17, 15) is 0 Å². The Morgan fingerprint density at radius 3 is 2.58 bits per heavy atom. The molecule has 0 radical (unpaired) electrons. The Morgan fingerprint density at radius 1 is 0.947 bits per heavy atom. The zero-order valence-electron chi connectivity index (χ0n) is 11.4. The van der Waals surface area contributed by atoms with Gasteiger partial charge in [-0.3, -0.25) is 0 Å². The first-order valence-corrected chi connectivity index (χ1v) is 6.54. The quantitative estimate of drug-likeness (QED) is 0.687. The van der Waals surface area contributed by atoms with Gasteiger partial charge in [-0.05, 0) is 54.8 Å². The molecule has 0 unspecified atom stereocenters. The van der Waals surface area contributed by atoms with E-state index in [4.69, 9.17) is 5.73 Å². The van der Waals surface area contributed by atoms with E-state index in [2.05, 4.69) is 54.9 Å². The third kappa shape index (κ3) is 2.22. The molecule has 0 fully saturated rings. The number of aryl methyl sites for hydroxylation is 2. The molecule has 3 rings (SSSR count). The Hall–Kier alpha value is -2.22. The highest BCUT2D eigenvalue weighted by atomic mass is 14.9. The number of hydrogen-bond acceptors (Lipinski definition) is 1. The molecular formula is C17H18N2. The lowest BCUT2D eigenvalue weighted by Crippen LogP contribution is -1.98. The summed E-state index contributed by atoms with van der Waals surface area (Å²) in [4.78, 5) is 0. The van der Waals surface area contributed by atoms with Crippen LogP contribution in [0.2, 0.25) is 0 Å². The van der Waals surface area contributed by atoms with E-state index in [0.717, 1.165) is 12.2 Å². The Bertz CT molecular complexity index is 738. The number of fused-ring (bicyclic) bond motifs is 1. The summed E-state index contributed by atoms with van der Waals surface area (Å²) in [6.07, 6.45) is 2.12. The number of hydrogen-bond donors (Lipinski definition) is 1. The van der Waals surface area contributed by atoms with Crippen molar-refractivity contribution in [2.45, 2.75) is 20.4 Å². The van der Waals surface area contributed by atoms with Crippen LogP contribution < -0.4 is 5.73 Å². The Balaban J connectivity index is 1.98. The van der Waals surface area contributed by atoms with Gasteiger partial charge in [-0.1, -0.05) is 18.2 Å². The maximum atomic E-state index is 5.81. The molecule has 0 spiro atoms. The maximum Gasteiger partial charge on any atom is 0.0484 e. The summed E-state index contributed by atoms with van der Waals surface area (Å²) in [5.74, 6) is 0. The van der Waals surface area contributed by atoms with Crippen molar-refractivity contribution in [3.63, 3.8) is 0 Å². The van der Waals surface area contributed by atoms with Crippen LogP contribution in [0.4, 0.5) is 5.69 Å². The SMILES string of the molecule is Cc1ccc(Cn2ccc3cc(N)ccc32)cc1C. The zero-order chi connectivity index (χ0) is 13.4. The van der Waals surface area contributed by atoms with Crippen LogP contribution in [-0.2, 0) is 6.54 Å². The molecule has 0 amide bonds. The molecule has 0 aliphatic heterocycles. The second kappa shape index (κ2) is 4.47. The minimum atomic E-state index is 0.816. The van der Waals surface area contributed by atoms with Crippen LogP contribution in [-0.4, -0.2) is 4.57 Å². The zero-order valence-corrected chi connectivity index (χ0v) is 11.4. The topological polar surface area (TPSA) is 30.9 Å². The first-order chi connectivity index (χ1) is 9.13. The van der Waals surface area contributed by atoms with Crippen molar-refractivity contribution in [1.82, 2.24) is 4.57 Å². The Kier molecular flexibility index (Phi) is 2.79. The fourth-order valence-electron chi connectivity index (χ4n) is 2.46. The van der Waals surface area contributed by atoms with Crippen LogP contribution in [0.1, 0.15) is 16.7 Å². The normalized spacial score (nSPS) is 11.1. The maximum absolute atomic E-state index is 5.81. The standard InChI is InChI=1S/C17H18N2/c1-12-3-4-14(9-13(12)2)11-19-8-7-15-10-16(18)5-6-17(15)19/h3-10H,11,18H2,1-2H3. The van der Waals surface area contributed by atoms with Gasteiger partial charge < -0.3 is 10.3 Å². The highest BCUT2D eigenvalue weighted by molar-refractivity contribution is 5.83. The summed E-state index contributed by atoms with van der Waals surface area (Å²) in [7, 11) is 0. The van der Waals surface area contributed by atoms with Crippen molar-refractivity contribution >= 4 is 16.6 Å². The van der Waals surface area contributed by atoms with Crippen LogP contribution in [0.3, 0.4) is 0 Å². The lowest BCUT2D eigenvalue weighted by molar-refractivity contribution is 0.835. The molecule has 3 aromatic rings. The largest absolute Gasteiger partial charge is 0.399 e. The molecule has 2 heteroatoms. The van der Waals surface area contributed by atoms with Gasteiger partial charge >= 0.3 is 0 Å².